The topological polar surface area (TPSA) is 83.5 Å². The van der Waals surface area contributed by atoms with Crippen LogP contribution in [-0.4, -0.2) is 37.6 Å². The number of nitrogens with zero attached hydrogens (tertiary/aromatic N) is 5. The van der Waals surface area contributed by atoms with Crippen LogP contribution in [0.2, 0.25) is 5.02 Å². The van der Waals surface area contributed by atoms with Gasteiger partial charge in [0.2, 0.25) is 4.96 Å². The largest absolute Gasteiger partial charge is 0.492 e. The second-order valence-corrected chi connectivity index (χ2v) is 11.1. The first kappa shape index (κ1) is 28.4. The highest BCUT2D eigenvalue weighted by molar-refractivity contribution is 7.15. The summed E-state index contributed by atoms with van der Waals surface area (Å²) in [5.41, 5.74) is 3.69. The summed E-state index contributed by atoms with van der Waals surface area (Å²) in [6, 6.07) is 22.9. The number of halogens is 1. The van der Waals surface area contributed by atoms with Gasteiger partial charge in [0.15, 0.2) is 5.82 Å². The number of thiazole rings is 1. The lowest BCUT2D eigenvalue weighted by Gasteiger charge is -2.09. The number of benzene rings is 3. The minimum Gasteiger partial charge on any atom is -0.492 e. The zero-order chi connectivity index (χ0) is 29.8. The molecule has 0 radical (unpaired) electrons. The maximum Gasteiger partial charge on any atom is 0.291 e. The molecule has 0 amide bonds. The third-order valence-corrected chi connectivity index (χ3v) is 7.93. The molecule has 0 aliphatic rings. The summed E-state index contributed by atoms with van der Waals surface area (Å²) < 4.78 is 15.0. The van der Waals surface area contributed by atoms with Crippen molar-refractivity contribution < 1.29 is 9.47 Å². The highest BCUT2D eigenvalue weighted by atomic mass is 35.5. The molecule has 3 aromatic heterocycles. The Labute approximate surface area is 257 Å². The monoisotopic (exact) mass is 609 g/mol. The summed E-state index contributed by atoms with van der Waals surface area (Å²) >= 11 is 7.88. The van der Waals surface area contributed by atoms with Gasteiger partial charge in [-0.15, -0.1) is 5.10 Å². The molecule has 8 nitrogen and oxygen atoms in total. The van der Waals surface area contributed by atoms with Crippen LogP contribution >= 0.6 is 22.9 Å². The molecule has 0 aliphatic carbocycles. The van der Waals surface area contributed by atoms with Gasteiger partial charge in [-0.05, 0) is 67.1 Å². The molecule has 3 heterocycles. The molecule has 0 bridgehead atoms. The SMILES string of the molecule is C=CCOc1ccc(-c2nc3sc(=Cc4cn(-c5ccccc5)nc4-c4ccc(OCCCC)c(Cl)c4)c(=O)n3n2)cc1. The molecule has 6 aromatic rings. The molecular formula is C33H28ClN5O3S. The zero-order valence-electron chi connectivity index (χ0n) is 23.4. The van der Waals surface area contributed by atoms with E-state index in [9.17, 15) is 4.79 Å². The van der Waals surface area contributed by atoms with Crippen LogP contribution in [0.25, 0.3) is 39.4 Å². The molecule has 43 heavy (non-hydrogen) atoms. The van der Waals surface area contributed by atoms with Crippen LogP contribution in [0, 0.1) is 0 Å². The van der Waals surface area contributed by atoms with E-state index in [1.165, 1.54) is 15.9 Å². The van der Waals surface area contributed by atoms with E-state index in [0.29, 0.717) is 45.0 Å². The van der Waals surface area contributed by atoms with Crippen LogP contribution in [-0.2, 0) is 0 Å². The lowest BCUT2D eigenvalue weighted by Crippen LogP contribution is -2.23. The standard InChI is InChI=1S/C33H28ClN5O3S/c1-3-5-18-42-28-16-13-23(19-27(28)34)30-24(21-38(36-30)25-9-7-6-8-10-25)20-29-32(40)39-33(43-29)35-31(37-39)22-11-14-26(15-12-22)41-17-4-2/h4,6-16,19-21H,2-3,5,17-18H2,1H3. The normalized spacial score (nSPS) is 11.7. The van der Waals surface area contributed by atoms with Crippen LogP contribution in [0.3, 0.4) is 0 Å². The summed E-state index contributed by atoms with van der Waals surface area (Å²) in [5.74, 6) is 1.82. The molecule has 10 heteroatoms. The van der Waals surface area contributed by atoms with Gasteiger partial charge in [0, 0.05) is 22.9 Å². The van der Waals surface area contributed by atoms with Crippen molar-refractivity contribution in [2.75, 3.05) is 13.2 Å². The van der Waals surface area contributed by atoms with Gasteiger partial charge < -0.3 is 9.47 Å². The van der Waals surface area contributed by atoms with Crippen molar-refractivity contribution in [3.63, 3.8) is 0 Å². The van der Waals surface area contributed by atoms with Gasteiger partial charge in [-0.2, -0.15) is 14.6 Å². The average molecular weight is 610 g/mol. The van der Waals surface area contributed by atoms with Crippen molar-refractivity contribution in [1.29, 1.82) is 0 Å². The lowest BCUT2D eigenvalue weighted by molar-refractivity contribution is 0.309. The Morgan fingerprint density at radius 1 is 1.00 bits per heavy atom. The molecule has 0 saturated carbocycles. The molecule has 0 spiro atoms. The van der Waals surface area contributed by atoms with E-state index in [4.69, 9.17) is 26.2 Å². The third kappa shape index (κ3) is 6.09. The molecule has 0 atom stereocenters. The number of rotatable bonds is 11. The maximum atomic E-state index is 13.4. The van der Waals surface area contributed by atoms with Gasteiger partial charge in [0.25, 0.3) is 5.56 Å². The van der Waals surface area contributed by atoms with Crippen molar-refractivity contribution in [2.24, 2.45) is 0 Å². The number of unbranched alkanes of at least 4 members (excludes halogenated alkanes) is 1. The summed E-state index contributed by atoms with van der Waals surface area (Å²) in [6.07, 6.45) is 7.41. The van der Waals surface area contributed by atoms with E-state index in [1.807, 2.05) is 85.1 Å². The van der Waals surface area contributed by atoms with Crippen molar-refractivity contribution in [1.82, 2.24) is 24.4 Å². The summed E-state index contributed by atoms with van der Waals surface area (Å²) in [7, 11) is 0. The van der Waals surface area contributed by atoms with E-state index in [0.717, 1.165) is 41.0 Å². The van der Waals surface area contributed by atoms with Crippen LogP contribution in [0.5, 0.6) is 11.5 Å². The molecule has 3 aromatic carbocycles. The first-order valence-electron chi connectivity index (χ1n) is 13.9. The Kier molecular flexibility index (Phi) is 8.35. The minimum atomic E-state index is -0.249. The number of ether oxygens (including phenoxy) is 2. The van der Waals surface area contributed by atoms with Gasteiger partial charge in [0.1, 0.15) is 23.8 Å². The van der Waals surface area contributed by atoms with Crippen molar-refractivity contribution >= 4 is 34.0 Å². The molecule has 6 rings (SSSR count). The number of hydrogen-bond donors (Lipinski definition) is 0. The first-order valence-corrected chi connectivity index (χ1v) is 15.1. The molecule has 0 fully saturated rings. The van der Waals surface area contributed by atoms with E-state index in [-0.39, 0.29) is 5.56 Å². The lowest BCUT2D eigenvalue weighted by atomic mass is 10.1. The van der Waals surface area contributed by atoms with Crippen LogP contribution in [0.15, 0.2) is 96.4 Å². The van der Waals surface area contributed by atoms with Crippen molar-refractivity contribution in [3.05, 3.63) is 117 Å². The Morgan fingerprint density at radius 2 is 1.79 bits per heavy atom. The Hall–Kier alpha value is -4.73. The van der Waals surface area contributed by atoms with Crippen LogP contribution in [0.4, 0.5) is 0 Å². The fourth-order valence-corrected chi connectivity index (χ4v) is 5.61. The van der Waals surface area contributed by atoms with Gasteiger partial charge in [-0.25, -0.2) is 4.68 Å². The summed E-state index contributed by atoms with van der Waals surface area (Å²) in [6.45, 7) is 6.81. The summed E-state index contributed by atoms with van der Waals surface area (Å²) in [4.78, 5) is 18.6. The number of aromatic nitrogens is 5. The second kappa shape index (κ2) is 12.6. The number of para-hydroxylation sites is 1. The predicted octanol–water partition coefficient (Wildman–Crippen LogP) is 6.62. The number of hydrogen-bond acceptors (Lipinski definition) is 7. The smallest absolute Gasteiger partial charge is 0.291 e. The highest BCUT2D eigenvalue weighted by Crippen LogP contribution is 2.32. The molecule has 216 valence electrons. The van der Waals surface area contributed by atoms with E-state index in [1.54, 1.807) is 10.8 Å². The quantitative estimate of drug-likeness (QED) is 0.121. The highest BCUT2D eigenvalue weighted by Gasteiger charge is 2.16. The van der Waals surface area contributed by atoms with Crippen molar-refractivity contribution in [2.45, 2.75) is 19.8 Å². The van der Waals surface area contributed by atoms with Gasteiger partial charge in [-0.3, -0.25) is 4.79 Å². The molecule has 0 aliphatic heterocycles. The molecular weight excluding hydrogens is 582 g/mol. The molecule has 0 N–H and O–H groups in total. The number of fused-ring (bicyclic) bond motifs is 1. The fraction of sp³-hybridized carbons (Fsp3) is 0.152. The average Bonchev–Trinajstić information content (AvgIpc) is 3.72. The minimum absolute atomic E-state index is 0.249. The predicted molar refractivity (Wildman–Crippen MR) is 171 cm³/mol. The van der Waals surface area contributed by atoms with E-state index < -0.39 is 0 Å². The molecule has 0 saturated heterocycles. The Balaban J connectivity index is 1.38. The summed E-state index contributed by atoms with van der Waals surface area (Å²) in [5, 5.41) is 9.88. The molecule has 0 unspecified atom stereocenters. The third-order valence-electron chi connectivity index (χ3n) is 6.67. The maximum absolute atomic E-state index is 13.4. The second-order valence-electron chi connectivity index (χ2n) is 9.73. The van der Waals surface area contributed by atoms with Crippen molar-refractivity contribution in [3.8, 4) is 39.8 Å². The van der Waals surface area contributed by atoms with Crippen LogP contribution in [0.1, 0.15) is 25.3 Å². The van der Waals surface area contributed by atoms with E-state index in [2.05, 4.69) is 23.6 Å². The fourth-order valence-electron chi connectivity index (χ4n) is 4.47. The first-order chi connectivity index (χ1) is 21.0. The van der Waals surface area contributed by atoms with Crippen LogP contribution < -0.4 is 19.6 Å². The Bertz CT molecular complexity index is 2000. The van der Waals surface area contributed by atoms with E-state index >= 15 is 0 Å². The van der Waals surface area contributed by atoms with Gasteiger partial charge in [-0.1, -0.05) is 67.1 Å². The van der Waals surface area contributed by atoms with Gasteiger partial charge in [0.05, 0.1) is 21.8 Å². The zero-order valence-corrected chi connectivity index (χ0v) is 25.0. The Morgan fingerprint density at radius 3 is 2.51 bits per heavy atom. The van der Waals surface area contributed by atoms with Gasteiger partial charge >= 0.3 is 0 Å².